The van der Waals surface area contributed by atoms with Gasteiger partial charge in [-0.1, -0.05) is 0 Å². The molecule has 3 atom stereocenters. The number of imidazole rings is 1. The normalized spacial score (nSPS) is 14.6. The number of hydrogen-bond donors (Lipinski definition) is 5. The number of aromatic amines is 1. The number of nitrogens with one attached hydrogen (secondary N) is 3. The third kappa shape index (κ3) is 7.65. The van der Waals surface area contributed by atoms with Crippen LogP contribution in [0.25, 0.3) is 11.2 Å². The van der Waals surface area contributed by atoms with Crippen molar-refractivity contribution in [3.05, 3.63) is 16.7 Å². The zero-order valence-corrected chi connectivity index (χ0v) is 21.3. The minimum absolute atomic E-state index is 0.160. The second-order valence-corrected chi connectivity index (χ2v) is 8.62. The van der Waals surface area contributed by atoms with E-state index < -0.39 is 50.6 Å². The zero-order chi connectivity index (χ0) is 27.6. The summed E-state index contributed by atoms with van der Waals surface area (Å²) < 4.78 is 37.3. The van der Waals surface area contributed by atoms with E-state index in [-0.39, 0.29) is 43.4 Å². The van der Waals surface area contributed by atoms with Crippen LogP contribution < -0.4 is 21.5 Å². The maximum atomic E-state index is 16.1. The van der Waals surface area contributed by atoms with Gasteiger partial charge in [0, 0.05) is 7.11 Å². The number of esters is 2. The van der Waals surface area contributed by atoms with Gasteiger partial charge in [-0.05, 0) is 19.8 Å². The topological polar surface area (TPSA) is 205 Å². The number of halogens is 1. The monoisotopic (exact) mass is 545 g/mol. The molecule has 0 spiro atoms. The highest BCUT2D eigenvalue weighted by Gasteiger charge is 2.45. The number of rotatable bonds is 15. The van der Waals surface area contributed by atoms with Crippen LogP contribution in [0.1, 0.15) is 13.8 Å². The summed E-state index contributed by atoms with van der Waals surface area (Å²) >= 11 is 0. The molecule has 0 aliphatic carbocycles. The van der Waals surface area contributed by atoms with Crippen LogP contribution in [0.4, 0.5) is 10.3 Å². The van der Waals surface area contributed by atoms with Gasteiger partial charge >= 0.3 is 11.9 Å². The summed E-state index contributed by atoms with van der Waals surface area (Å²) in [6.45, 7) is 2.61. The maximum absolute atomic E-state index is 16.1. The molecule has 0 aliphatic heterocycles. The van der Waals surface area contributed by atoms with Gasteiger partial charge in [-0.25, -0.2) is 19.5 Å². The lowest BCUT2D eigenvalue weighted by Gasteiger charge is -2.32. The number of hydrogen-bond acceptors (Lipinski definition) is 13. The van der Waals surface area contributed by atoms with Crippen molar-refractivity contribution in [1.29, 1.82) is 0 Å². The quantitative estimate of drug-likeness (QED) is 0.102. The summed E-state index contributed by atoms with van der Waals surface area (Å²) in [5.41, 5.74) is 4.27. The molecule has 0 aliphatic rings. The number of aliphatic hydroxyl groups excluding tert-OH is 1. The van der Waals surface area contributed by atoms with Crippen molar-refractivity contribution in [2.24, 2.45) is 0 Å². The van der Waals surface area contributed by atoms with E-state index in [9.17, 15) is 19.5 Å². The van der Waals surface area contributed by atoms with E-state index in [0.29, 0.717) is 4.57 Å². The van der Waals surface area contributed by atoms with Gasteiger partial charge in [0.1, 0.15) is 31.6 Å². The van der Waals surface area contributed by atoms with E-state index >= 15 is 4.39 Å². The molecule has 204 valence electrons. The number of nitrogens with two attached hydrogens (primary N) is 1. The predicted molar refractivity (Wildman–Crippen MR) is 129 cm³/mol. The smallest absolute Gasteiger partial charge is 0.320 e. The van der Waals surface area contributed by atoms with E-state index in [1.54, 1.807) is 13.8 Å². The van der Waals surface area contributed by atoms with Gasteiger partial charge in [-0.2, -0.15) is 4.98 Å². The van der Waals surface area contributed by atoms with Gasteiger partial charge in [0.05, 0.1) is 19.8 Å². The van der Waals surface area contributed by atoms with Gasteiger partial charge in [0.15, 0.2) is 19.6 Å². The van der Waals surface area contributed by atoms with E-state index in [2.05, 4.69) is 25.1 Å². The molecule has 2 aromatic rings. The predicted octanol–water partition coefficient (Wildman–Crippen LogP) is -1.12. The summed E-state index contributed by atoms with van der Waals surface area (Å²) in [6.07, 6.45) is 2.90. The number of aliphatic hydroxyl groups is 1. The summed E-state index contributed by atoms with van der Waals surface area (Å²) in [4.78, 5) is 45.4. The molecule has 37 heavy (non-hydrogen) atoms. The van der Waals surface area contributed by atoms with Gasteiger partial charge < -0.3 is 29.6 Å². The van der Waals surface area contributed by atoms with Crippen LogP contribution in [0.3, 0.4) is 0 Å². The van der Waals surface area contributed by atoms with E-state index in [1.807, 2.05) is 5.92 Å². The Hall–Kier alpha value is -3.19. The first-order valence-corrected chi connectivity index (χ1v) is 12.2. The number of nitrogens with zero attached hydrogens (tertiary/aromatic N) is 3. The Morgan fingerprint density at radius 1 is 1.32 bits per heavy atom. The number of anilines is 1. The largest absolute Gasteiger partial charge is 0.465 e. The second-order valence-electron chi connectivity index (χ2n) is 7.14. The number of fused-ring (bicyclic) bond motifs is 1. The Kier molecular flexibility index (Phi) is 11.3. The molecule has 2 rings (SSSR count). The number of alkyl halides is 1. The third-order valence-corrected chi connectivity index (χ3v) is 6.04. The van der Waals surface area contributed by atoms with Crippen molar-refractivity contribution in [2.45, 2.75) is 31.8 Å². The van der Waals surface area contributed by atoms with Crippen molar-refractivity contribution < 1.29 is 37.8 Å². The van der Waals surface area contributed by atoms with Crippen LogP contribution in [-0.4, -0.2) is 88.8 Å². The summed E-state index contributed by atoms with van der Waals surface area (Å²) in [5.74, 6) is -2.62. The van der Waals surface area contributed by atoms with Gasteiger partial charge in [-0.15, -0.1) is 6.42 Å². The minimum atomic E-state index is -2.99. The lowest BCUT2D eigenvalue weighted by molar-refractivity contribution is -0.142. The number of carbonyl (C=O) groups is 2. The third-order valence-electron chi connectivity index (χ3n) is 4.74. The molecule has 0 saturated heterocycles. The molecular weight excluding hydrogens is 516 g/mol. The van der Waals surface area contributed by atoms with Gasteiger partial charge in [0.25, 0.3) is 11.4 Å². The molecule has 6 N–H and O–H groups in total. The van der Waals surface area contributed by atoms with Crippen LogP contribution in [0.2, 0.25) is 0 Å². The number of terminal acetylenes is 1. The first kappa shape index (κ1) is 30.0. The summed E-state index contributed by atoms with van der Waals surface area (Å²) in [5, 5.41) is 16.4. The Morgan fingerprint density at radius 3 is 2.43 bits per heavy atom. The molecule has 17 heteroatoms. The SMILES string of the molecule is C#C[C@](F)(C(O)C(COP(NCC(=O)OCC)NCC(=O)OCC)OC)n1cnc2c(=O)[nH]c(N)nc21. The maximum Gasteiger partial charge on any atom is 0.320 e. The first-order valence-electron chi connectivity index (χ1n) is 10.9. The minimum Gasteiger partial charge on any atom is -0.465 e. The van der Waals surface area contributed by atoms with Crippen molar-refractivity contribution in [3.63, 3.8) is 0 Å². The number of H-pyrrole nitrogens is 1. The summed E-state index contributed by atoms with van der Waals surface area (Å²) in [6, 6.07) is 0. The van der Waals surface area contributed by atoms with Crippen LogP contribution >= 0.6 is 8.45 Å². The fourth-order valence-corrected chi connectivity index (χ4v) is 4.12. The van der Waals surface area contributed by atoms with Crippen molar-refractivity contribution in [1.82, 2.24) is 29.7 Å². The molecule has 0 radical (unpaired) electrons. The molecule has 0 amide bonds. The van der Waals surface area contributed by atoms with Gasteiger partial charge in [0.2, 0.25) is 5.95 Å². The molecule has 0 bridgehead atoms. The van der Waals surface area contributed by atoms with Crippen molar-refractivity contribution in [2.75, 3.05) is 45.8 Å². The molecular formula is C20H29FN7O8P. The average molecular weight is 545 g/mol. The fraction of sp³-hybridized carbons (Fsp3) is 0.550. The van der Waals surface area contributed by atoms with Crippen LogP contribution in [-0.2, 0) is 34.1 Å². The van der Waals surface area contributed by atoms with E-state index in [1.165, 1.54) is 7.11 Å². The van der Waals surface area contributed by atoms with E-state index in [0.717, 1.165) is 6.33 Å². The van der Waals surface area contributed by atoms with Crippen LogP contribution in [0.5, 0.6) is 0 Å². The number of aromatic nitrogens is 4. The lowest BCUT2D eigenvalue weighted by Crippen LogP contribution is -2.49. The highest BCUT2D eigenvalue weighted by molar-refractivity contribution is 7.48. The molecule has 0 fully saturated rings. The Bertz CT molecular complexity index is 1150. The molecule has 15 nitrogen and oxygen atoms in total. The zero-order valence-electron chi connectivity index (χ0n) is 20.4. The number of nitrogen functional groups attached to an aromatic ring is 1. The molecule has 0 aromatic carbocycles. The highest BCUT2D eigenvalue weighted by atomic mass is 31.2. The molecule has 2 aromatic heterocycles. The molecule has 2 heterocycles. The molecule has 0 saturated carbocycles. The Labute approximate surface area is 212 Å². The van der Waals surface area contributed by atoms with Gasteiger partial charge in [-0.3, -0.25) is 23.9 Å². The van der Waals surface area contributed by atoms with Crippen molar-refractivity contribution >= 4 is 37.5 Å². The highest BCUT2D eigenvalue weighted by Crippen LogP contribution is 2.32. The molecule has 2 unspecified atom stereocenters. The number of ether oxygens (including phenoxy) is 3. The number of methoxy groups -OCH3 is 1. The van der Waals surface area contributed by atoms with Crippen LogP contribution in [0, 0.1) is 12.3 Å². The second kappa shape index (κ2) is 13.9. The number of carbonyl (C=O) groups excluding carboxylic acids is 2. The Balaban J connectivity index is 2.21. The summed E-state index contributed by atoms with van der Waals surface area (Å²) in [7, 11) is -0.710. The van der Waals surface area contributed by atoms with Crippen LogP contribution in [0.15, 0.2) is 11.1 Å². The van der Waals surface area contributed by atoms with E-state index in [4.69, 9.17) is 30.9 Å². The lowest BCUT2D eigenvalue weighted by atomic mass is 10.0. The fourth-order valence-electron chi connectivity index (χ4n) is 2.99. The Morgan fingerprint density at radius 2 is 1.92 bits per heavy atom. The standard InChI is InChI=1S/C20H29FN7O8P/c1-5-20(21,28-11-23-15-17(28)26-19(22)27-18(15)32)16(31)12(33-4)10-36-37(24-8-13(29)34-6-2)25-9-14(30)35-7-3/h1,11-12,16,24-25,31H,6-10H2,2-4H3,(H3,22,26,27,32)/t12?,16?,20-/m1/s1. The average Bonchev–Trinajstić information content (AvgIpc) is 3.30. The van der Waals surface area contributed by atoms with Crippen molar-refractivity contribution in [3.8, 4) is 12.3 Å². The first-order chi connectivity index (χ1) is 17.6.